The molecule has 0 unspecified atom stereocenters. The Morgan fingerprint density at radius 3 is 1.60 bits per heavy atom. The smallest absolute Gasteiger partial charge is 0.328 e. The molecule has 0 atom stereocenters. The number of piperidine rings is 1. The molecule has 0 bridgehead atoms. The summed E-state index contributed by atoms with van der Waals surface area (Å²) in [5, 5.41) is 15.6. The second-order valence-corrected chi connectivity index (χ2v) is 3.37. The van der Waals surface area contributed by atoms with E-state index in [0.29, 0.717) is 12.2 Å². The minimum atomic E-state index is -1.26. The molecule has 5 nitrogen and oxygen atoms in total. The summed E-state index contributed by atoms with van der Waals surface area (Å²) in [4.78, 5) is 21.5. The molecule has 1 heterocycles. The third-order valence-corrected chi connectivity index (χ3v) is 1.95. The highest BCUT2D eigenvalue weighted by atomic mass is 16.4. The average Bonchev–Trinajstić information content (AvgIpc) is 2.17. The first-order valence-electron chi connectivity index (χ1n) is 4.85. The van der Waals surface area contributed by atoms with Gasteiger partial charge in [0.2, 0.25) is 0 Å². The predicted octanol–water partition coefficient (Wildman–Crippen LogP) is 0.814. The van der Waals surface area contributed by atoms with Crippen LogP contribution in [0.5, 0.6) is 0 Å². The van der Waals surface area contributed by atoms with Crippen molar-refractivity contribution in [2.75, 3.05) is 20.1 Å². The van der Waals surface area contributed by atoms with Crippen LogP contribution in [0.2, 0.25) is 0 Å². The fourth-order valence-electron chi connectivity index (χ4n) is 1.19. The van der Waals surface area contributed by atoms with Gasteiger partial charge < -0.3 is 15.1 Å². The number of hydrogen-bond donors (Lipinski definition) is 2. The van der Waals surface area contributed by atoms with Gasteiger partial charge in [0.1, 0.15) is 0 Å². The molecule has 0 saturated carbocycles. The van der Waals surface area contributed by atoms with E-state index in [1.165, 1.54) is 32.4 Å². The lowest BCUT2D eigenvalue weighted by Crippen LogP contribution is -2.24. The van der Waals surface area contributed by atoms with Crippen molar-refractivity contribution in [3.63, 3.8) is 0 Å². The van der Waals surface area contributed by atoms with Crippen molar-refractivity contribution < 1.29 is 19.8 Å². The zero-order chi connectivity index (χ0) is 11.7. The Morgan fingerprint density at radius 2 is 1.40 bits per heavy atom. The second kappa shape index (κ2) is 7.99. The largest absolute Gasteiger partial charge is 0.478 e. The Labute approximate surface area is 89.0 Å². The van der Waals surface area contributed by atoms with Crippen LogP contribution in [0.3, 0.4) is 0 Å². The first kappa shape index (κ1) is 13.6. The van der Waals surface area contributed by atoms with E-state index < -0.39 is 11.9 Å². The number of carboxylic acids is 2. The monoisotopic (exact) mass is 215 g/mol. The van der Waals surface area contributed by atoms with E-state index in [2.05, 4.69) is 11.9 Å². The lowest BCUT2D eigenvalue weighted by Gasteiger charge is -2.20. The van der Waals surface area contributed by atoms with Gasteiger partial charge in [-0.05, 0) is 33.0 Å². The van der Waals surface area contributed by atoms with Crippen molar-refractivity contribution in [3.8, 4) is 0 Å². The lowest BCUT2D eigenvalue weighted by molar-refractivity contribution is -0.134. The Morgan fingerprint density at radius 1 is 1.00 bits per heavy atom. The molecule has 0 radical (unpaired) electrons. The standard InChI is InChI=1S/C6H13N.C4H4O4/c1-7-5-3-2-4-6-7;5-3(6)1-2-4(7)8/h2-6H2,1H3;1-2H,(H,5,6)(H,7,8). The maximum Gasteiger partial charge on any atom is 0.328 e. The molecule has 1 rings (SSSR count). The topological polar surface area (TPSA) is 77.8 Å². The van der Waals surface area contributed by atoms with Gasteiger partial charge in [-0.15, -0.1) is 0 Å². The Hall–Kier alpha value is -1.36. The third-order valence-electron chi connectivity index (χ3n) is 1.95. The SMILES string of the molecule is CN1CCCCC1.O=C(O)C=CC(=O)O. The van der Waals surface area contributed by atoms with Crippen LogP contribution in [-0.2, 0) is 9.59 Å². The summed E-state index contributed by atoms with van der Waals surface area (Å²) in [5.41, 5.74) is 0. The molecule has 0 aliphatic carbocycles. The van der Waals surface area contributed by atoms with Gasteiger partial charge in [-0.2, -0.15) is 0 Å². The fraction of sp³-hybridized carbons (Fsp3) is 0.600. The van der Waals surface area contributed by atoms with E-state index in [-0.39, 0.29) is 0 Å². The molecule has 5 heteroatoms. The van der Waals surface area contributed by atoms with Crippen molar-refractivity contribution in [1.29, 1.82) is 0 Å². The van der Waals surface area contributed by atoms with E-state index in [1.807, 2.05) is 0 Å². The van der Waals surface area contributed by atoms with Crippen molar-refractivity contribution >= 4 is 11.9 Å². The molecule has 0 amide bonds. The van der Waals surface area contributed by atoms with E-state index in [1.54, 1.807) is 0 Å². The van der Waals surface area contributed by atoms with Crippen molar-refractivity contribution in [1.82, 2.24) is 4.90 Å². The number of carbonyl (C=O) groups is 2. The van der Waals surface area contributed by atoms with Crippen molar-refractivity contribution in [2.45, 2.75) is 19.3 Å². The summed E-state index contributed by atoms with van der Waals surface area (Å²) in [6, 6.07) is 0. The van der Waals surface area contributed by atoms with Crippen LogP contribution in [0.15, 0.2) is 12.2 Å². The lowest BCUT2D eigenvalue weighted by atomic mass is 10.1. The molecule has 1 fully saturated rings. The Balaban J connectivity index is 0.000000262. The maximum absolute atomic E-state index is 9.55. The normalized spacial score (nSPS) is 16.9. The minimum absolute atomic E-state index is 0.558. The number of nitrogens with zero attached hydrogens (tertiary/aromatic N) is 1. The van der Waals surface area contributed by atoms with Crippen LogP contribution in [0.1, 0.15) is 19.3 Å². The van der Waals surface area contributed by atoms with Gasteiger partial charge in [0, 0.05) is 12.2 Å². The number of aliphatic carboxylic acids is 2. The van der Waals surface area contributed by atoms with Gasteiger partial charge in [-0.1, -0.05) is 6.42 Å². The maximum atomic E-state index is 9.55. The van der Waals surface area contributed by atoms with Crippen molar-refractivity contribution in [2.24, 2.45) is 0 Å². The molecule has 2 N–H and O–H groups in total. The number of likely N-dealkylation sites (tertiary alicyclic amines) is 1. The molecule has 1 aliphatic rings. The molecular formula is C10H17NO4. The summed E-state index contributed by atoms with van der Waals surface area (Å²) in [6.07, 6.45) is 5.39. The summed E-state index contributed by atoms with van der Waals surface area (Å²) in [7, 11) is 2.19. The van der Waals surface area contributed by atoms with Gasteiger partial charge in [-0.25, -0.2) is 9.59 Å². The summed E-state index contributed by atoms with van der Waals surface area (Å²) < 4.78 is 0. The van der Waals surface area contributed by atoms with Crippen molar-refractivity contribution in [3.05, 3.63) is 12.2 Å². The Kier molecular flexibility index (Phi) is 7.27. The summed E-state index contributed by atoms with van der Waals surface area (Å²) in [5.74, 6) is -2.51. The highest BCUT2D eigenvalue weighted by Crippen LogP contribution is 2.04. The van der Waals surface area contributed by atoms with Gasteiger partial charge in [-0.3, -0.25) is 0 Å². The quantitative estimate of drug-likeness (QED) is 0.666. The molecule has 86 valence electrons. The van der Waals surface area contributed by atoms with E-state index >= 15 is 0 Å². The van der Waals surface area contributed by atoms with Gasteiger partial charge in [0.15, 0.2) is 0 Å². The molecule has 0 aromatic rings. The van der Waals surface area contributed by atoms with E-state index in [4.69, 9.17) is 10.2 Å². The summed E-state index contributed by atoms with van der Waals surface area (Å²) in [6.45, 7) is 2.64. The Bertz CT molecular complexity index is 216. The van der Waals surface area contributed by atoms with Gasteiger partial charge in [0.05, 0.1) is 0 Å². The van der Waals surface area contributed by atoms with Gasteiger partial charge in [0.25, 0.3) is 0 Å². The highest BCUT2D eigenvalue weighted by molar-refractivity contribution is 5.89. The third kappa shape index (κ3) is 10.6. The first-order valence-corrected chi connectivity index (χ1v) is 4.85. The first-order chi connectivity index (χ1) is 7.02. The predicted molar refractivity (Wildman–Crippen MR) is 55.8 cm³/mol. The zero-order valence-electron chi connectivity index (χ0n) is 8.85. The van der Waals surface area contributed by atoms with Crippen LogP contribution in [0, 0.1) is 0 Å². The highest BCUT2D eigenvalue weighted by Gasteiger charge is 2.02. The van der Waals surface area contributed by atoms with E-state index in [9.17, 15) is 9.59 Å². The number of rotatable bonds is 2. The average molecular weight is 215 g/mol. The van der Waals surface area contributed by atoms with Crippen LogP contribution in [0.4, 0.5) is 0 Å². The number of hydrogen-bond acceptors (Lipinski definition) is 3. The fourth-order valence-corrected chi connectivity index (χ4v) is 1.19. The molecule has 1 aliphatic heterocycles. The van der Waals surface area contributed by atoms with Crippen LogP contribution in [0.25, 0.3) is 0 Å². The second-order valence-electron chi connectivity index (χ2n) is 3.37. The minimum Gasteiger partial charge on any atom is -0.478 e. The molecule has 0 aromatic carbocycles. The molecule has 0 spiro atoms. The number of carboxylic acid groups (broad SMARTS) is 2. The van der Waals surface area contributed by atoms with Crippen LogP contribution in [-0.4, -0.2) is 47.2 Å². The molecule has 1 saturated heterocycles. The zero-order valence-corrected chi connectivity index (χ0v) is 8.85. The van der Waals surface area contributed by atoms with E-state index in [0.717, 1.165) is 0 Å². The van der Waals surface area contributed by atoms with Crippen LogP contribution < -0.4 is 0 Å². The molecular weight excluding hydrogens is 198 g/mol. The molecule has 15 heavy (non-hydrogen) atoms. The van der Waals surface area contributed by atoms with Gasteiger partial charge >= 0.3 is 11.9 Å². The molecule has 0 aromatic heterocycles. The van der Waals surface area contributed by atoms with Crippen LogP contribution >= 0.6 is 0 Å². The summed E-state index contributed by atoms with van der Waals surface area (Å²) >= 11 is 0.